The fourth-order valence-corrected chi connectivity index (χ4v) is 4.98. The first-order valence-electron chi connectivity index (χ1n) is 13.4. The summed E-state index contributed by atoms with van der Waals surface area (Å²) >= 11 is 0. The zero-order valence-corrected chi connectivity index (χ0v) is 22.4. The minimum atomic E-state index is -0.580. The smallest absolute Gasteiger partial charge is 0.132 e. The number of rotatable bonds is 10. The maximum Gasteiger partial charge on any atom is 0.132 e. The van der Waals surface area contributed by atoms with Gasteiger partial charge in [-0.15, -0.1) is 0 Å². The monoisotopic (exact) mass is 513 g/mol. The Morgan fingerprint density at radius 2 is 1.63 bits per heavy atom. The van der Waals surface area contributed by atoms with Gasteiger partial charge in [-0.25, -0.2) is 4.39 Å². The van der Waals surface area contributed by atoms with Crippen molar-refractivity contribution in [1.29, 1.82) is 0 Å². The molecule has 38 heavy (non-hydrogen) atoms. The van der Waals surface area contributed by atoms with Crippen LogP contribution in [0.4, 0.5) is 10.1 Å². The lowest BCUT2D eigenvalue weighted by Crippen LogP contribution is -2.51. The third kappa shape index (κ3) is 6.01. The molecule has 5 heteroatoms. The van der Waals surface area contributed by atoms with Crippen LogP contribution in [0.25, 0.3) is 10.8 Å². The topological polar surface area (TPSA) is 39.7 Å². The van der Waals surface area contributed by atoms with E-state index in [1.165, 1.54) is 22.9 Å². The second kappa shape index (κ2) is 11.5. The molecule has 0 saturated carbocycles. The quantitative estimate of drug-likeness (QED) is 0.217. The Morgan fingerprint density at radius 3 is 2.42 bits per heavy atom. The van der Waals surface area contributed by atoms with E-state index in [1.807, 2.05) is 12.1 Å². The van der Waals surface area contributed by atoms with Crippen molar-refractivity contribution in [3.8, 4) is 5.75 Å². The van der Waals surface area contributed by atoms with Crippen molar-refractivity contribution in [2.24, 2.45) is 0 Å². The lowest BCUT2D eigenvalue weighted by molar-refractivity contribution is -0.167. The van der Waals surface area contributed by atoms with Crippen LogP contribution in [0.1, 0.15) is 56.4 Å². The summed E-state index contributed by atoms with van der Waals surface area (Å²) in [5.74, 6) is 0.582. The summed E-state index contributed by atoms with van der Waals surface area (Å²) in [6, 6.07) is 27.5. The van der Waals surface area contributed by atoms with Crippen molar-refractivity contribution in [3.63, 3.8) is 0 Å². The van der Waals surface area contributed by atoms with Gasteiger partial charge in [0, 0.05) is 24.4 Å². The Kier molecular flexibility index (Phi) is 7.96. The van der Waals surface area contributed by atoms with Crippen molar-refractivity contribution in [2.75, 3.05) is 11.9 Å². The lowest BCUT2D eigenvalue weighted by Gasteiger charge is -2.44. The highest BCUT2D eigenvalue weighted by atomic mass is 19.1. The Bertz CT molecular complexity index is 1370. The van der Waals surface area contributed by atoms with Gasteiger partial charge in [-0.05, 0) is 78.6 Å². The zero-order chi connectivity index (χ0) is 26.5. The molecular weight excluding hydrogens is 477 g/mol. The number of fused-ring (bicyclic) bond motifs is 2. The Morgan fingerprint density at radius 1 is 0.868 bits per heavy atom. The maximum absolute atomic E-state index is 13.3. The first-order chi connectivity index (χ1) is 18.4. The molecule has 2 atom stereocenters. The molecule has 0 aliphatic carbocycles. The molecule has 4 aromatic rings. The van der Waals surface area contributed by atoms with Crippen LogP contribution in [0, 0.1) is 5.82 Å². The van der Waals surface area contributed by atoms with Crippen LogP contribution in [0.15, 0.2) is 84.9 Å². The molecule has 0 bridgehead atoms. The van der Waals surface area contributed by atoms with E-state index in [1.54, 1.807) is 12.1 Å². The largest absolute Gasteiger partial charge is 0.485 e. The zero-order valence-electron chi connectivity index (χ0n) is 22.4. The van der Waals surface area contributed by atoms with E-state index in [0.717, 1.165) is 41.0 Å². The van der Waals surface area contributed by atoms with Crippen molar-refractivity contribution in [2.45, 2.75) is 64.6 Å². The highest BCUT2D eigenvalue weighted by Gasteiger charge is 2.45. The van der Waals surface area contributed by atoms with Crippen LogP contribution in [0.3, 0.4) is 0 Å². The van der Waals surface area contributed by atoms with Crippen LogP contribution in [-0.2, 0) is 22.6 Å². The molecule has 0 spiro atoms. The molecule has 0 saturated heterocycles. The summed E-state index contributed by atoms with van der Waals surface area (Å²) in [4.78, 5) is 0. The minimum absolute atomic E-state index is 0.232. The number of unbranched alkanes of at least 4 members (excludes halogenated alkanes) is 1. The highest BCUT2D eigenvalue weighted by Crippen LogP contribution is 2.44. The van der Waals surface area contributed by atoms with Crippen LogP contribution in [0.2, 0.25) is 0 Å². The standard InChI is InChI=1S/C33H36FNO3/c1-4-5-18-36-31-29-20-28(35-21-23-11-14-27(34)15-12-23)16-17-30(29)38-33(2,3)32(31)37-22-24-10-13-25-8-6-7-9-26(25)19-24/h6-17,19-20,31-32,35H,4-5,18,21-22H2,1-3H3. The first kappa shape index (κ1) is 26.2. The first-order valence-corrected chi connectivity index (χ1v) is 13.4. The average Bonchev–Trinajstić information content (AvgIpc) is 2.92. The molecule has 1 aliphatic heterocycles. The van der Waals surface area contributed by atoms with Gasteiger partial charge < -0.3 is 19.5 Å². The number of halogens is 1. The predicted molar refractivity (Wildman–Crippen MR) is 151 cm³/mol. The second-order valence-electron chi connectivity index (χ2n) is 10.5. The third-order valence-electron chi connectivity index (χ3n) is 7.10. The number of benzene rings is 4. The maximum atomic E-state index is 13.3. The molecule has 2 unspecified atom stereocenters. The van der Waals surface area contributed by atoms with E-state index in [-0.39, 0.29) is 18.0 Å². The van der Waals surface area contributed by atoms with Crippen LogP contribution >= 0.6 is 0 Å². The van der Waals surface area contributed by atoms with E-state index in [2.05, 4.69) is 74.6 Å². The summed E-state index contributed by atoms with van der Waals surface area (Å²) in [7, 11) is 0. The van der Waals surface area contributed by atoms with Gasteiger partial charge in [-0.1, -0.05) is 61.9 Å². The summed E-state index contributed by atoms with van der Waals surface area (Å²) in [6.07, 6.45) is 1.47. The van der Waals surface area contributed by atoms with Gasteiger partial charge in [0.1, 0.15) is 29.4 Å². The SMILES string of the molecule is CCCCOC1c2cc(NCc3ccc(F)cc3)ccc2OC(C)(C)C1OCc1ccc2ccccc2c1. The van der Waals surface area contributed by atoms with Crippen molar-refractivity contribution < 1.29 is 18.6 Å². The molecule has 0 fully saturated rings. The molecule has 1 aliphatic rings. The van der Waals surface area contributed by atoms with Gasteiger partial charge >= 0.3 is 0 Å². The molecule has 198 valence electrons. The van der Waals surface area contributed by atoms with Gasteiger partial charge in [0.05, 0.1) is 6.61 Å². The molecule has 4 nitrogen and oxygen atoms in total. The molecule has 0 radical (unpaired) electrons. The molecule has 0 amide bonds. The van der Waals surface area contributed by atoms with Gasteiger partial charge in [-0.2, -0.15) is 0 Å². The van der Waals surface area contributed by atoms with Gasteiger partial charge in [0.25, 0.3) is 0 Å². The molecule has 4 aromatic carbocycles. The van der Waals surface area contributed by atoms with Crippen LogP contribution in [0.5, 0.6) is 5.75 Å². The highest BCUT2D eigenvalue weighted by molar-refractivity contribution is 5.82. The average molecular weight is 514 g/mol. The normalized spacial score (nSPS) is 18.1. The van der Waals surface area contributed by atoms with E-state index in [4.69, 9.17) is 14.2 Å². The Labute approximate surface area is 224 Å². The number of anilines is 1. The summed E-state index contributed by atoms with van der Waals surface area (Å²) in [6.45, 7) is 8.01. The Hall–Kier alpha value is -3.41. The fourth-order valence-electron chi connectivity index (χ4n) is 4.98. The Balaban J connectivity index is 1.38. The van der Waals surface area contributed by atoms with Crippen LogP contribution < -0.4 is 10.1 Å². The second-order valence-corrected chi connectivity index (χ2v) is 10.5. The molecule has 1 N–H and O–H groups in total. The summed E-state index contributed by atoms with van der Waals surface area (Å²) < 4.78 is 32.9. The van der Waals surface area contributed by atoms with E-state index >= 15 is 0 Å². The summed E-state index contributed by atoms with van der Waals surface area (Å²) in [5.41, 5.74) is 3.48. The number of hydrogen-bond acceptors (Lipinski definition) is 4. The van der Waals surface area contributed by atoms with Gasteiger partial charge in [0.15, 0.2) is 0 Å². The molecular formula is C33H36FNO3. The number of nitrogens with one attached hydrogen (secondary N) is 1. The summed E-state index contributed by atoms with van der Waals surface area (Å²) in [5, 5.41) is 5.87. The van der Waals surface area contributed by atoms with Crippen molar-refractivity contribution in [1.82, 2.24) is 0 Å². The van der Waals surface area contributed by atoms with Crippen LogP contribution in [-0.4, -0.2) is 18.3 Å². The number of ether oxygens (including phenoxy) is 3. The van der Waals surface area contributed by atoms with E-state index in [9.17, 15) is 4.39 Å². The third-order valence-corrected chi connectivity index (χ3v) is 7.10. The number of hydrogen-bond donors (Lipinski definition) is 1. The lowest BCUT2D eigenvalue weighted by atomic mass is 9.87. The fraction of sp³-hybridized carbons (Fsp3) is 0.333. The minimum Gasteiger partial charge on any atom is -0.485 e. The van der Waals surface area contributed by atoms with Crippen molar-refractivity contribution in [3.05, 3.63) is 107 Å². The molecule has 1 heterocycles. The molecule has 0 aromatic heterocycles. The van der Waals surface area contributed by atoms with Gasteiger partial charge in [-0.3, -0.25) is 0 Å². The molecule has 5 rings (SSSR count). The van der Waals surface area contributed by atoms with Gasteiger partial charge in [0.2, 0.25) is 0 Å². The predicted octanol–water partition coefficient (Wildman–Crippen LogP) is 8.21. The van der Waals surface area contributed by atoms with E-state index in [0.29, 0.717) is 19.8 Å². The van der Waals surface area contributed by atoms with E-state index < -0.39 is 5.60 Å². The van der Waals surface area contributed by atoms with Crippen molar-refractivity contribution >= 4 is 16.5 Å².